The summed E-state index contributed by atoms with van der Waals surface area (Å²) in [4.78, 5) is 28.2. The molecule has 0 saturated carbocycles. The van der Waals surface area contributed by atoms with E-state index in [1.807, 2.05) is 79.9 Å². The smallest absolute Gasteiger partial charge is 0.255 e. The van der Waals surface area contributed by atoms with Crippen molar-refractivity contribution in [3.05, 3.63) is 102 Å². The second-order valence-corrected chi connectivity index (χ2v) is 7.27. The van der Waals surface area contributed by atoms with Gasteiger partial charge in [0.2, 0.25) is 5.91 Å². The molecule has 0 aliphatic heterocycles. The molecule has 1 aromatic heterocycles. The van der Waals surface area contributed by atoms with E-state index in [0.29, 0.717) is 17.7 Å². The van der Waals surface area contributed by atoms with Gasteiger partial charge >= 0.3 is 0 Å². The van der Waals surface area contributed by atoms with Crippen molar-refractivity contribution in [3.63, 3.8) is 0 Å². The summed E-state index contributed by atoms with van der Waals surface area (Å²) in [5.41, 5.74) is 4.21. The summed E-state index contributed by atoms with van der Waals surface area (Å²) < 4.78 is 0. The number of aromatic nitrogens is 1. The molecule has 0 bridgehead atoms. The predicted molar refractivity (Wildman–Crippen MR) is 119 cm³/mol. The molecule has 0 radical (unpaired) electrons. The summed E-state index contributed by atoms with van der Waals surface area (Å²) in [6.45, 7) is 1.94. The van der Waals surface area contributed by atoms with Gasteiger partial charge in [0.1, 0.15) is 0 Å². The molecule has 0 saturated heterocycles. The molecule has 0 spiro atoms. The SMILES string of the molecule is C[C@@H](NC(=O)Cc1c[nH]c2ccccc12)c1cccc(NC(=O)c2ccccc2)c1. The molecule has 5 heteroatoms. The highest BCUT2D eigenvalue weighted by Crippen LogP contribution is 2.20. The molecular weight excluding hydrogens is 374 g/mol. The minimum atomic E-state index is -0.184. The van der Waals surface area contributed by atoms with Crippen LogP contribution >= 0.6 is 0 Å². The van der Waals surface area contributed by atoms with E-state index in [1.165, 1.54) is 0 Å². The number of amides is 2. The standard InChI is InChI=1S/C25H23N3O2/c1-17(27-24(29)15-20-16-26-23-13-6-5-12-22(20)23)19-10-7-11-21(14-19)28-25(30)18-8-3-2-4-9-18/h2-14,16-17,26H,15H2,1H3,(H,27,29)(H,28,30)/t17-/m1/s1. The fourth-order valence-corrected chi connectivity index (χ4v) is 3.51. The second kappa shape index (κ2) is 8.66. The van der Waals surface area contributed by atoms with Gasteiger partial charge in [-0.1, -0.05) is 48.5 Å². The van der Waals surface area contributed by atoms with Crippen LogP contribution in [0.2, 0.25) is 0 Å². The van der Waals surface area contributed by atoms with Gasteiger partial charge in [0, 0.05) is 28.4 Å². The van der Waals surface area contributed by atoms with Gasteiger partial charge in [-0.25, -0.2) is 0 Å². The van der Waals surface area contributed by atoms with Crippen molar-refractivity contribution in [3.8, 4) is 0 Å². The van der Waals surface area contributed by atoms with Crippen LogP contribution in [0.15, 0.2) is 85.1 Å². The minimum absolute atomic E-state index is 0.0500. The first kappa shape index (κ1) is 19.5. The Balaban J connectivity index is 1.40. The van der Waals surface area contributed by atoms with Crippen molar-refractivity contribution in [1.82, 2.24) is 10.3 Å². The largest absolute Gasteiger partial charge is 0.361 e. The number of hydrogen-bond donors (Lipinski definition) is 3. The maximum atomic E-state index is 12.6. The van der Waals surface area contributed by atoms with Crippen LogP contribution in [0, 0.1) is 0 Å². The maximum absolute atomic E-state index is 12.6. The van der Waals surface area contributed by atoms with E-state index in [9.17, 15) is 9.59 Å². The molecule has 1 atom stereocenters. The zero-order valence-electron chi connectivity index (χ0n) is 16.7. The molecule has 3 aromatic carbocycles. The van der Waals surface area contributed by atoms with E-state index in [1.54, 1.807) is 12.1 Å². The Kier molecular flexibility index (Phi) is 5.61. The monoisotopic (exact) mass is 397 g/mol. The summed E-state index contributed by atoms with van der Waals surface area (Å²) in [5, 5.41) is 7.01. The van der Waals surface area contributed by atoms with Crippen LogP contribution in [0.3, 0.4) is 0 Å². The van der Waals surface area contributed by atoms with Crippen LogP contribution in [0.1, 0.15) is 34.5 Å². The van der Waals surface area contributed by atoms with Gasteiger partial charge in [-0.3, -0.25) is 9.59 Å². The normalized spacial score (nSPS) is 11.8. The van der Waals surface area contributed by atoms with Gasteiger partial charge in [-0.15, -0.1) is 0 Å². The minimum Gasteiger partial charge on any atom is -0.361 e. The van der Waals surface area contributed by atoms with E-state index in [0.717, 1.165) is 22.0 Å². The summed E-state index contributed by atoms with van der Waals surface area (Å²) >= 11 is 0. The number of nitrogens with one attached hydrogen (secondary N) is 3. The van der Waals surface area contributed by atoms with E-state index >= 15 is 0 Å². The third kappa shape index (κ3) is 4.41. The number of fused-ring (bicyclic) bond motifs is 1. The molecule has 150 valence electrons. The van der Waals surface area contributed by atoms with E-state index in [4.69, 9.17) is 0 Å². The number of rotatable bonds is 6. The third-order valence-electron chi connectivity index (χ3n) is 5.08. The van der Waals surface area contributed by atoms with Gasteiger partial charge in [0.25, 0.3) is 5.91 Å². The van der Waals surface area contributed by atoms with Crippen LogP contribution in [-0.2, 0) is 11.2 Å². The van der Waals surface area contributed by atoms with Crippen LogP contribution in [-0.4, -0.2) is 16.8 Å². The lowest BCUT2D eigenvalue weighted by Gasteiger charge is -2.16. The molecule has 30 heavy (non-hydrogen) atoms. The average Bonchev–Trinajstić information content (AvgIpc) is 3.17. The lowest BCUT2D eigenvalue weighted by atomic mass is 10.1. The van der Waals surface area contributed by atoms with Gasteiger partial charge < -0.3 is 15.6 Å². The number of H-pyrrole nitrogens is 1. The van der Waals surface area contributed by atoms with Gasteiger partial charge in [0.15, 0.2) is 0 Å². The molecule has 1 heterocycles. The Morgan fingerprint density at radius 1 is 0.933 bits per heavy atom. The lowest BCUT2D eigenvalue weighted by molar-refractivity contribution is -0.121. The van der Waals surface area contributed by atoms with Gasteiger partial charge in [-0.05, 0) is 48.4 Å². The number of aromatic amines is 1. The van der Waals surface area contributed by atoms with Crippen molar-refractivity contribution in [2.24, 2.45) is 0 Å². The second-order valence-electron chi connectivity index (χ2n) is 7.27. The Labute approximate surface area is 175 Å². The predicted octanol–water partition coefficient (Wildman–Crippen LogP) is 4.84. The first-order valence-corrected chi connectivity index (χ1v) is 9.91. The summed E-state index contributed by atoms with van der Waals surface area (Å²) in [7, 11) is 0. The molecule has 4 aromatic rings. The van der Waals surface area contributed by atoms with Crippen LogP contribution in [0.4, 0.5) is 5.69 Å². The average molecular weight is 397 g/mol. The zero-order chi connectivity index (χ0) is 20.9. The van der Waals surface area contributed by atoms with E-state index in [2.05, 4.69) is 15.6 Å². The molecule has 0 fully saturated rings. The van der Waals surface area contributed by atoms with Gasteiger partial charge in [-0.2, -0.15) is 0 Å². The van der Waals surface area contributed by atoms with Crippen molar-refractivity contribution < 1.29 is 9.59 Å². The summed E-state index contributed by atoms with van der Waals surface area (Å²) in [6, 6.07) is 24.4. The molecule has 3 N–H and O–H groups in total. The molecule has 4 rings (SSSR count). The number of para-hydroxylation sites is 1. The summed E-state index contributed by atoms with van der Waals surface area (Å²) in [5.74, 6) is -0.213. The van der Waals surface area contributed by atoms with Gasteiger partial charge in [0.05, 0.1) is 12.5 Å². The molecular formula is C25H23N3O2. The van der Waals surface area contributed by atoms with Crippen molar-refractivity contribution in [2.75, 3.05) is 5.32 Å². The van der Waals surface area contributed by atoms with Crippen LogP contribution < -0.4 is 10.6 Å². The van der Waals surface area contributed by atoms with E-state index in [-0.39, 0.29) is 17.9 Å². The fraction of sp³-hybridized carbons (Fsp3) is 0.120. The lowest BCUT2D eigenvalue weighted by Crippen LogP contribution is -2.28. The number of hydrogen-bond acceptors (Lipinski definition) is 2. The molecule has 5 nitrogen and oxygen atoms in total. The topological polar surface area (TPSA) is 74.0 Å². The highest BCUT2D eigenvalue weighted by molar-refractivity contribution is 6.04. The Bertz CT molecular complexity index is 1180. The van der Waals surface area contributed by atoms with Crippen molar-refractivity contribution >= 4 is 28.4 Å². The molecule has 0 aliphatic carbocycles. The Morgan fingerprint density at radius 2 is 1.70 bits per heavy atom. The number of anilines is 1. The molecule has 0 aliphatic rings. The Morgan fingerprint density at radius 3 is 2.53 bits per heavy atom. The number of carbonyl (C=O) groups excluding carboxylic acids is 2. The first-order valence-electron chi connectivity index (χ1n) is 9.91. The summed E-state index contributed by atoms with van der Waals surface area (Å²) in [6.07, 6.45) is 2.19. The quantitative estimate of drug-likeness (QED) is 0.435. The Hall–Kier alpha value is -3.86. The first-order chi connectivity index (χ1) is 14.6. The maximum Gasteiger partial charge on any atom is 0.255 e. The van der Waals surface area contributed by atoms with Crippen molar-refractivity contribution in [1.29, 1.82) is 0 Å². The van der Waals surface area contributed by atoms with Crippen molar-refractivity contribution in [2.45, 2.75) is 19.4 Å². The highest BCUT2D eigenvalue weighted by Gasteiger charge is 2.13. The van der Waals surface area contributed by atoms with Crippen LogP contribution in [0.25, 0.3) is 10.9 Å². The number of carbonyl (C=O) groups is 2. The fourth-order valence-electron chi connectivity index (χ4n) is 3.51. The number of benzene rings is 3. The molecule has 0 unspecified atom stereocenters. The zero-order valence-corrected chi connectivity index (χ0v) is 16.7. The highest BCUT2D eigenvalue weighted by atomic mass is 16.2. The molecule has 2 amide bonds. The van der Waals surface area contributed by atoms with E-state index < -0.39 is 0 Å². The third-order valence-corrected chi connectivity index (χ3v) is 5.08. The van der Waals surface area contributed by atoms with Crippen LogP contribution in [0.5, 0.6) is 0 Å².